The smallest absolute Gasteiger partial charge is 0.101 e. The third-order valence-corrected chi connectivity index (χ3v) is 7.87. The van der Waals surface area contributed by atoms with Crippen molar-refractivity contribution in [1.29, 1.82) is 5.26 Å². The predicted molar refractivity (Wildman–Crippen MR) is 145 cm³/mol. The molecule has 192 valence electrons. The minimum absolute atomic E-state index is 0.0897. The average Bonchev–Trinajstić information content (AvgIpc) is 3.33. The Morgan fingerprint density at radius 1 is 1.16 bits per heavy atom. The molecule has 4 heterocycles. The third-order valence-electron chi connectivity index (χ3n) is 7.87. The predicted octanol–water partition coefficient (Wildman–Crippen LogP) is 2.49. The monoisotopic (exact) mass is 498 g/mol. The Kier molecular flexibility index (Phi) is 6.70. The molecule has 3 aromatic rings. The van der Waals surface area contributed by atoms with E-state index in [9.17, 15) is 10.4 Å². The van der Waals surface area contributed by atoms with Gasteiger partial charge in [0.15, 0.2) is 0 Å². The summed E-state index contributed by atoms with van der Waals surface area (Å²) in [6, 6.07) is 17.1. The first-order chi connectivity index (χ1) is 18.1. The summed E-state index contributed by atoms with van der Waals surface area (Å²) in [5, 5.41) is 23.7. The van der Waals surface area contributed by atoms with Gasteiger partial charge in [0.2, 0.25) is 0 Å². The minimum Gasteiger partial charge on any atom is -0.394 e. The second kappa shape index (κ2) is 10.3. The molecule has 2 N–H and O–H groups in total. The van der Waals surface area contributed by atoms with Crippen LogP contribution in [0.4, 0.5) is 11.4 Å². The van der Waals surface area contributed by atoms with E-state index in [4.69, 9.17) is 4.74 Å². The quantitative estimate of drug-likeness (QED) is 0.555. The number of nitriles is 1. The number of aliphatic hydroxyl groups excluding tert-OH is 1. The summed E-state index contributed by atoms with van der Waals surface area (Å²) in [7, 11) is 0. The Balaban J connectivity index is 1.16. The molecule has 2 fully saturated rings. The minimum atomic E-state index is 0.0897. The van der Waals surface area contributed by atoms with Gasteiger partial charge in [0.05, 0.1) is 35.9 Å². The summed E-state index contributed by atoms with van der Waals surface area (Å²) < 4.78 is 6.41. The molecular weight excluding hydrogens is 464 g/mol. The van der Waals surface area contributed by atoms with E-state index in [0.29, 0.717) is 5.56 Å². The number of piperazine rings is 1. The van der Waals surface area contributed by atoms with E-state index in [-0.39, 0.29) is 24.9 Å². The van der Waals surface area contributed by atoms with Gasteiger partial charge in [0, 0.05) is 75.3 Å². The van der Waals surface area contributed by atoms with Gasteiger partial charge >= 0.3 is 0 Å². The molecule has 0 saturated carbocycles. The number of hydrogen-bond donors (Lipinski definition) is 2. The summed E-state index contributed by atoms with van der Waals surface area (Å²) >= 11 is 0. The molecule has 6 rings (SSSR count). The van der Waals surface area contributed by atoms with Crippen LogP contribution in [-0.2, 0) is 17.8 Å². The lowest BCUT2D eigenvalue weighted by molar-refractivity contribution is -0.0329. The van der Waals surface area contributed by atoms with E-state index in [2.05, 4.69) is 68.3 Å². The fraction of sp³-hybridized carbons (Fsp3) is 0.448. The number of anilines is 2. The maximum Gasteiger partial charge on any atom is 0.101 e. The highest BCUT2D eigenvalue weighted by atomic mass is 16.5. The van der Waals surface area contributed by atoms with E-state index in [1.807, 2.05) is 12.1 Å². The maximum absolute atomic E-state index is 9.82. The standard InChI is InChI=1S/C29H34N6O2/c1-20-14-34(28-7-5-21(12-30)29-27(28)3-2-8-32-29)18-26(37-20)17-33-15-22-4-6-24(11-23(22)16-33)35-10-9-31-13-25(35)19-36/h2-8,11,20,25-26,31,36H,9-10,13-19H2,1H3/t20-,25?,26+/m1/s1. The molecule has 3 aliphatic rings. The number of ether oxygens (including phenoxy) is 1. The van der Waals surface area contributed by atoms with Crippen LogP contribution in [0.3, 0.4) is 0 Å². The number of nitrogens with zero attached hydrogens (tertiary/aromatic N) is 5. The molecule has 0 aliphatic carbocycles. The molecule has 2 saturated heterocycles. The van der Waals surface area contributed by atoms with Gasteiger partial charge in [-0.1, -0.05) is 6.07 Å². The van der Waals surface area contributed by atoms with Gasteiger partial charge in [-0.15, -0.1) is 0 Å². The van der Waals surface area contributed by atoms with Crippen LogP contribution in [0.5, 0.6) is 0 Å². The Hall–Kier alpha value is -3.22. The first kappa shape index (κ1) is 24.1. The van der Waals surface area contributed by atoms with Crippen molar-refractivity contribution in [2.75, 3.05) is 55.7 Å². The van der Waals surface area contributed by atoms with Gasteiger partial charge in [-0.2, -0.15) is 5.26 Å². The van der Waals surface area contributed by atoms with Crippen molar-refractivity contribution in [3.8, 4) is 6.07 Å². The van der Waals surface area contributed by atoms with Crippen LogP contribution >= 0.6 is 0 Å². The first-order valence-corrected chi connectivity index (χ1v) is 13.2. The summed E-state index contributed by atoms with van der Waals surface area (Å²) in [5.74, 6) is 0. The van der Waals surface area contributed by atoms with Gasteiger partial charge in [0.1, 0.15) is 6.07 Å². The molecular formula is C29H34N6O2. The largest absolute Gasteiger partial charge is 0.394 e. The molecule has 0 bridgehead atoms. The topological polar surface area (TPSA) is 87.9 Å². The van der Waals surface area contributed by atoms with Crippen molar-refractivity contribution < 1.29 is 9.84 Å². The fourth-order valence-corrected chi connectivity index (χ4v) is 6.18. The number of aromatic nitrogens is 1. The molecule has 0 radical (unpaired) electrons. The zero-order valence-electron chi connectivity index (χ0n) is 21.3. The molecule has 0 amide bonds. The van der Waals surface area contributed by atoms with Gasteiger partial charge in [0.25, 0.3) is 0 Å². The second-order valence-electron chi connectivity index (χ2n) is 10.5. The van der Waals surface area contributed by atoms with Gasteiger partial charge in [-0.05, 0) is 54.4 Å². The zero-order chi connectivity index (χ0) is 25.4. The van der Waals surface area contributed by atoms with Crippen LogP contribution in [-0.4, -0.2) is 79.1 Å². The second-order valence-corrected chi connectivity index (χ2v) is 10.5. The molecule has 8 nitrogen and oxygen atoms in total. The number of aliphatic hydroxyl groups is 1. The fourth-order valence-electron chi connectivity index (χ4n) is 6.18. The van der Waals surface area contributed by atoms with Crippen molar-refractivity contribution in [3.05, 3.63) is 65.4 Å². The van der Waals surface area contributed by atoms with Crippen LogP contribution in [0.1, 0.15) is 23.6 Å². The van der Waals surface area contributed by atoms with E-state index < -0.39 is 0 Å². The van der Waals surface area contributed by atoms with Crippen molar-refractivity contribution in [3.63, 3.8) is 0 Å². The first-order valence-electron chi connectivity index (χ1n) is 13.2. The molecule has 0 spiro atoms. The molecule has 2 aromatic carbocycles. The molecule has 8 heteroatoms. The Labute approximate surface area is 218 Å². The van der Waals surface area contributed by atoms with Gasteiger partial charge < -0.3 is 25.0 Å². The Morgan fingerprint density at radius 2 is 2.05 bits per heavy atom. The lowest BCUT2D eigenvalue weighted by Gasteiger charge is -2.40. The van der Waals surface area contributed by atoms with E-state index >= 15 is 0 Å². The number of pyridine rings is 1. The third kappa shape index (κ3) is 4.76. The normalized spacial score (nSPS) is 24.3. The molecule has 1 unspecified atom stereocenters. The molecule has 1 aromatic heterocycles. The highest BCUT2D eigenvalue weighted by molar-refractivity contribution is 5.95. The number of rotatable bonds is 5. The maximum atomic E-state index is 9.82. The highest BCUT2D eigenvalue weighted by Gasteiger charge is 2.31. The average molecular weight is 499 g/mol. The lowest BCUT2D eigenvalue weighted by Crippen LogP contribution is -2.53. The van der Waals surface area contributed by atoms with Crippen molar-refractivity contribution in [2.24, 2.45) is 0 Å². The number of hydrogen-bond acceptors (Lipinski definition) is 8. The van der Waals surface area contributed by atoms with E-state index in [0.717, 1.165) is 68.9 Å². The van der Waals surface area contributed by atoms with E-state index in [1.54, 1.807) is 6.20 Å². The summed E-state index contributed by atoms with van der Waals surface area (Å²) in [6.45, 7) is 9.30. The summed E-state index contributed by atoms with van der Waals surface area (Å²) in [4.78, 5) is 11.7. The number of fused-ring (bicyclic) bond motifs is 2. The SMILES string of the molecule is C[C@@H]1CN(c2ccc(C#N)c3ncccc23)C[C@H](CN2Cc3ccc(N4CCNCC4CO)cc3C2)O1. The van der Waals surface area contributed by atoms with Crippen LogP contribution in [0.25, 0.3) is 10.9 Å². The van der Waals surface area contributed by atoms with Crippen LogP contribution < -0.4 is 15.1 Å². The number of morpholine rings is 1. The van der Waals surface area contributed by atoms with Gasteiger partial charge in [-0.3, -0.25) is 9.88 Å². The van der Waals surface area contributed by atoms with Crippen molar-refractivity contribution in [1.82, 2.24) is 15.2 Å². The molecule has 37 heavy (non-hydrogen) atoms. The number of nitrogens with one attached hydrogen (secondary N) is 1. The highest BCUT2D eigenvalue weighted by Crippen LogP contribution is 2.32. The van der Waals surface area contributed by atoms with Crippen molar-refractivity contribution in [2.45, 2.75) is 38.3 Å². The Morgan fingerprint density at radius 3 is 2.92 bits per heavy atom. The van der Waals surface area contributed by atoms with Gasteiger partial charge in [-0.25, -0.2) is 0 Å². The zero-order valence-corrected chi connectivity index (χ0v) is 21.3. The van der Waals surface area contributed by atoms with Crippen LogP contribution in [0.2, 0.25) is 0 Å². The molecule has 3 aliphatic heterocycles. The lowest BCUT2D eigenvalue weighted by atomic mass is 10.1. The Bertz CT molecular complexity index is 1320. The van der Waals surface area contributed by atoms with Crippen molar-refractivity contribution >= 4 is 22.3 Å². The van der Waals surface area contributed by atoms with E-state index in [1.165, 1.54) is 16.8 Å². The summed E-state index contributed by atoms with van der Waals surface area (Å²) in [5.41, 5.74) is 6.44. The van der Waals surface area contributed by atoms with Crippen LogP contribution in [0, 0.1) is 11.3 Å². The molecule has 3 atom stereocenters. The summed E-state index contributed by atoms with van der Waals surface area (Å²) in [6.07, 6.45) is 1.95. The number of benzene rings is 2. The van der Waals surface area contributed by atoms with Crippen LogP contribution in [0.15, 0.2) is 48.7 Å².